The Morgan fingerprint density at radius 3 is 2.44 bits per heavy atom. The van der Waals surface area contributed by atoms with Crippen LogP contribution in [0.3, 0.4) is 0 Å². The van der Waals surface area contributed by atoms with Gasteiger partial charge in [-0.3, -0.25) is 14.5 Å². The minimum absolute atomic E-state index is 0.0734. The third-order valence-corrected chi connectivity index (χ3v) is 9.36. The van der Waals surface area contributed by atoms with Crippen molar-refractivity contribution in [2.45, 2.75) is 56.8 Å². The van der Waals surface area contributed by atoms with Crippen molar-refractivity contribution in [2.24, 2.45) is 10.9 Å². The number of aromatic nitrogens is 2. The van der Waals surface area contributed by atoms with Crippen LogP contribution >= 0.6 is 0 Å². The molecule has 5 rings (SSSR count). The second-order valence-corrected chi connectivity index (χ2v) is 13.0. The van der Waals surface area contributed by atoms with Crippen LogP contribution in [0.1, 0.15) is 54.4 Å². The topological polar surface area (TPSA) is 127 Å². The molecule has 262 valence electrons. The quantitative estimate of drug-likeness (QED) is 0.320. The molecule has 3 heterocycles. The SMILES string of the molecule is COc1cc(C(=O)NC2CCN(C)CC2)ccc1Nc1ncc(C(F)(F)F)c(N[C@@H]2CCCCC2C=NC(=O)CN2CCN(C)CC2)n1. The van der Waals surface area contributed by atoms with E-state index in [-0.39, 0.29) is 42.1 Å². The van der Waals surface area contributed by atoms with Crippen molar-refractivity contribution in [1.29, 1.82) is 0 Å². The van der Waals surface area contributed by atoms with E-state index in [9.17, 15) is 22.8 Å². The number of aliphatic imine (C=N–C) groups is 1. The summed E-state index contributed by atoms with van der Waals surface area (Å²) in [5.41, 5.74) is -0.201. The number of ether oxygens (including phenoxy) is 1. The maximum absolute atomic E-state index is 14.1. The lowest BCUT2D eigenvalue weighted by molar-refractivity contribution is -0.137. The Bertz CT molecular complexity index is 1440. The van der Waals surface area contributed by atoms with Crippen LogP contribution in [0.5, 0.6) is 5.75 Å². The summed E-state index contributed by atoms with van der Waals surface area (Å²) in [7, 11) is 5.54. The summed E-state index contributed by atoms with van der Waals surface area (Å²) < 4.78 is 47.8. The van der Waals surface area contributed by atoms with Gasteiger partial charge in [0.15, 0.2) is 0 Å². The summed E-state index contributed by atoms with van der Waals surface area (Å²) in [5, 5.41) is 9.04. The minimum atomic E-state index is -4.70. The standard InChI is InChI=1S/C33H46F3N9O3/c1-43-12-10-24(11-13-43)39-31(47)22-8-9-27(28(18-22)48-3)41-32-38-20-25(33(34,35)36)30(42-32)40-26-7-5-4-6-23(26)19-37-29(46)21-45-16-14-44(2)15-17-45/h8-9,18-20,23-24,26H,4-7,10-17,21H2,1-3H3,(H,39,47)(H2,38,40,41,42)/t23?,26-/m1/s1. The molecule has 3 fully saturated rings. The fourth-order valence-electron chi connectivity index (χ4n) is 6.35. The predicted octanol–water partition coefficient (Wildman–Crippen LogP) is 3.89. The Morgan fingerprint density at radius 2 is 1.73 bits per heavy atom. The number of benzene rings is 1. The van der Waals surface area contributed by atoms with E-state index in [0.29, 0.717) is 29.8 Å². The Labute approximate surface area is 279 Å². The van der Waals surface area contributed by atoms with Crippen LogP contribution in [-0.4, -0.2) is 122 Å². The number of methoxy groups -OCH3 is 1. The zero-order valence-corrected chi connectivity index (χ0v) is 27.9. The summed E-state index contributed by atoms with van der Waals surface area (Å²) in [6, 6.07) is 4.49. The first-order chi connectivity index (χ1) is 23.0. The van der Waals surface area contributed by atoms with Crippen LogP contribution < -0.4 is 20.7 Å². The Morgan fingerprint density at radius 1 is 1.02 bits per heavy atom. The molecule has 12 nitrogen and oxygen atoms in total. The van der Waals surface area contributed by atoms with Crippen molar-refractivity contribution in [1.82, 2.24) is 30.0 Å². The third-order valence-electron chi connectivity index (χ3n) is 9.36. The number of carbonyl (C=O) groups excluding carboxylic acids is 2. The number of piperidine rings is 1. The number of rotatable bonds is 10. The fraction of sp³-hybridized carbons (Fsp3) is 0.606. The number of anilines is 3. The van der Waals surface area contributed by atoms with Crippen molar-refractivity contribution >= 4 is 35.5 Å². The highest BCUT2D eigenvalue weighted by atomic mass is 19.4. The van der Waals surface area contributed by atoms with Gasteiger partial charge in [-0.1, -0.05) is 12.8 Å². The van der Waals surface area contributed by atoms with E-state index in [2.05, 4.69) is 52.7 Å². The molecule has 1 aromatic carbocycles. The number of alkyl halides is 3. The number of likely N-dealkylation sites (N-methyl/N-ethyl adjacent to an activating group) is 1. The summed E-state index contributed by atoms with van der Waals surface area (Å²) in [4.78, 5) is 44.4. The van der Waals surface area contributed by atoms with Gasteiger partial charge in [0.05, 0.1) is 19.3 Å². The molecule has 0 radical (unpaired) electrons. The zero-order chi connectivity index (χ0) is 34.3. The van der Waals surface area contributed by atoms with Gasteiger partial charge in [-0.05, 0) is 71.1 Å². The summed E-state index contributed by atoms with van der Waals surface area (Å²) in [6.07, 6.45) is 2.38. The first-order valence-electron chi connectivity index (χ1n) is 16.6. The lowest BCUT2D eigenvalue weighted by Gasteiger charge is -2.32. The smallest absolute Gasteiger partial charge is 0.421 e. The van der Waals surface area contributed by atoms with Crippen LogP contribution in [0.15, 0.2) is 29.4 Å². The molecule has 2 atom stereocenters. The average Bonchev–Trinajstić information content (AvgIpc) is 3.06. The van der Waals surface area contributed by atoms with Gasteiger partial charge in [0.2, 0.25) is 5.95 Å². The number of nitrogens with zero attached hydrogens (tertiary/aromatic N) is 6. The molecule has 1 aliphatic carbocycles. The molecule has 1 unspecified atom stereocenters. The Balaban J connectivity index is 1.28. The van der Waals surface area contributed by atoms with Gasteiger partial charge in [-0.15, -0.1) is 0 Å². The molecule has 1 aromatic heterocycles. The highest BCUT2D eigenvalue weighted by molar-refractivity contribution is 5.95. The molecule has 2 amide bonds. The molecule has 3 aliphatic rings. The van der Waals surface area contributed by atoms with Gasteiger partial charge in [-0.2, -0.15) is 18.2 Å². The molecule has 2 saturated heterocycles. The van der Waals surface area contributed by atoms with Crippen molar-refractivity contribution in [3.05, 3.63) is 35.5 Å². The van der Waals surface area contributed by atoms with Gasteiger partial charge in [0.25, 0.3) is 11.8 Å². The zero-order valence-electron chi connectivity index (χ0n) is 27.9. The molecule has 1 saturated carbocycles. The van der Waals surface area contributed by atoms with Gasteiger partial charge >= 0.3 is 6.18 Å². The van der Waals surface area contributed by atoms with E-state index in [1.54, 1.807) is 24.4 Å². The molecule has 0 bridgehead atoms. The van der Waals surface area contributed by atoms with Crippen molar-refractivity contribution < 1.29 is 27.5 Å². The van der Waals surface area contributed by atoms with Crippen molar-refractivity contribution in [2.75, 3.05) is 77.7 Å². The molecule has 48 heavy (non-hydrogen) atoms. The number of amides is 2. The first-order valence-corrected chi connectivity index (χ1v) is 16.6. The fourth-order valence-corrected chi connectivity index (χ4v) is 6.35. The maximum atomic E-state index is 14.1. The van der Waals surface area contributed by atoms with Crippen LogP contribution in [0.4, 0.5) is 30.6 Å². The molecule has 2 aliphatic heterocycles. The summed E-state index contributed by atoms with van der Waals surface area (Å²) >= 11 is 0. The monoisotopic (exact) mass is 673 g/mol. The van der Waals surface area contributed by atoms with Gasteiger partial charge in [-0.25, -0.2) is 9.98 Å². The second-order valence-electron chi connectivity index (χ2n) is 13.0. The number of hydrogen-bond acceptors (Lipinski definition) is 10. The van der Waals surface area contributed by atoms with E-state index in [1.165, 1.54) is 7.11 Å². The summed E-state index contributed by atoms with van der Waals surface area (Å²) in [6.45, 7) is 5.40. The van der Waals surface area contributed by atoms with Gasteiger partial charge in [0.1, 0.15) is 17.1 Å². The predicted molar refractivity (Wildman–Crippen MR) is 178 cm³/mol. The highest BCUT2D eigenvalue weighted by Gasteiger charge is 2.37. The first kappa shape index (κ1) is 35.5. The van der Waals surface area contributed by atoms with E-state index < -0.39 is 17.8 Å². The number of likely N-dealkylation sites (tertiary alicyclic amines) is 1. The van der Waals surface area contributed by atoms with Crippen LogP contribution in [0.25, 0.3) is 0 Å². The normalized spacial score (nSPS) is 22.0. The Hall–Kier alpha value is -3.82. The number of nitrogens with one attached hydrogen (secondary N) is 3. The Kier molecular flexibility index (Phi) is 11.9. The van der Waals surface area contributed by atoms with Crippen LogP contribution in [0, 0.1) is 5.92 Å². The number of piperazine rings is 1. The maximum Gasteiger partial charge on any atom is 0.421 e. The van der Waals surface area contributed by atoms with Crippen LogP contribution in [-0.2, 0) is 11.0 Å². The number of halogens is 3. The highest BCUT2D eigenvalue weighted by Crippen LogP contribution is 2.37. The molecule has 15 heteroatoms. The van der Waals surface area contributed by atoms with E-state index in [1.807, 2.05) is 7.05 Å². The average molecular weight is 674 g/mol. The molecule has 3 N–H and O–H groups in total. The minimum Gasteiger partial charge on any atom is -0.495 e. The lowest BCUT2D eigenvalue weighted by Crippen LogP contribution is -2.46. The summed E-state index contributed by atoms with van der Waals surface area (Å²) in [5.74, 6) is -0.839. The van der Waals surface area contributed by atoms with Crippen molar-refractivity contribution in [3.63, 3.8) is 0 Å². The molecule has 0 spiro atoms. The van der Waals surface area contributed by atoms with Gasteiger partial charge < -0.3 is 30.5 Å². The van der Waals surface area contributed by atoms with Crippen LogP contribution in [0.2, 0.25) is 0 Å². The van der Waals surface area contributed by atoms with E-state index >= 15 is 0 Å². The van der Waals surface area contributed by atoms with E-state index in [0.717, 1.165) is 71.1 Å². The number of hydrogen-bond donors (Lipinski definition) is 3. The van der Waals surface area contributed by atoms with Gasteiger partial charge in [0, 0.05) is 62.2 Å². The van der Waals surface area contributed by atoms with E-state index in [4.69, 9.17) is 4.74 Å². The number of carbonyl (C=O) groups is 2. The molecular formula is C33H46F3N9O3. The third kappa shape index (κ3) is 9.63. The second kappa shape index (κ2) is 16.1. The van der Waals surface area contributed by atoms with Crippen molar-refractivity contribution in [3.8, 4) is 5.75 Å². The molecule has 2 aromatic rings. The molecular weight excluding hydrogens is 627 g/mol. The largest absolute Gasteiger partial charge is 0.495 e. The lowest BCUT2D eigenvalue weighted by atomic mass is 9.85.